The van der Waals surface area contributed by atoms with Gasteiger partial charge in [0.1, 0.15) is 11.4 Å². The standard InChI is InChI=1S/C13H22N4O2/c1-3-4-10(18)6-15-13(19)11-7-16-17-8-9(2)5-14-12(11)17/h7,9-10,14,18H,3-6,8H2,1-2H3,(H,15,19). The van der Waals surface area contributed by atoms with E-state index in [1.807, 2.05) is 11.6 Å². The van der Waals surface area contributed by atoms with E-state index >= 15 is 0 Å². The number of carbonyl (C=O) groups excluding carboxylic acids is 1. The number of nitrogens with zero attached hydrogens (tertiary/aromatic N) is 2. The van der Waals surface area contributed by atoms with Crippen molar-refractivity contribution in [2.24, 2.45) is 5.92 Å². The van der Waals surface area contributed by atoms with E-state index in [9.17, 15) is 9.90 Å². The van der Waals surface area contributed by atoms with Crippen molar-refractivity contribution in [3.8, 4) is 0 Å². The maximum Gasteiger partial charge on any atom is 0.256 e. The molecular formula is C13H22N4O2. The highest BCUT2D eigenvalue weighted by atomic mass is 16.3. The van der Waals surface area contributed by atoms with E-state index in [1.54, 1.807) is 6.20 Å². The molecule has 0 aromatic carbocycles. The number of amides is 1. The van der Waals surface area contributed by atoms with Crippen LogP contribution in [-0.2, 0) is 6.54 Å². The Morgan fingerprint density at radius 2 is 2.53 bits per heavy atom. The summed E-state index contributed by atoms with van der Waals surface area (Å²) in [5, 5.41) is 19.8. The fourth-order valence-electron chi connectivity index (χ4n) is 2.25. The number of nitrogens with one attached hydrogen (secondary N) is 2. The average molecular weight is 266 g/mol. The normalized spacial score (nSPS) is 19.4. The second-order valence-corrected chi connectivity index (χ2v) is 5.23. The molecule has 0 radical (unpaired) electrons. The summed E-state index contributed by atoms with van der Waals surface area (Å²) >= 11 is 0. The first kappa shape index (κ1) is 13.9. The van der Waals surface area contributed by atoms with Crippen LogP contribution in [0.2, 0.25) is 0 Å². The van der Waals surface area contributed by atoms with Crippen LogP contribution in [0.3, 0.4) is 0 Å². The third-order valence-corrected chi connectivity index (χ3v) is 3.31. The number of carbonyl (C=O) groups is 1. The van der Waals surface area contributed by atoms with Crippen LogP contribution in [0.15, 0.2) is 6.20 Å². The summed E-state index contributed by atoms with van der Waals surface area (Å²) in [5.74, 6) is 1.11. The minimum absolute atomic E-state index is 0.182. The summed E-state index contributed by atoms with van der Waals surface area (Å²) in [6.07, 6.45) is 2.71. The molecule has 1 aliphatic heterocycles. The van der Waals surface area contributed by atoms with Gasteiger partial charge in [-0.1, -0.05) is 20.3 Å². The van der Waals surface area contributed by atoms with Crippen LogP contribution in [0.1, 0.15) is 37.0 Å². The van der Waals surface area contributed by atoms with Crippen molar-refractivity contribution in [2.75, 3.05) is 18.4 Å². The van der Waals surface area contributed by atoms with Gasteiger partial charge in [-0.2, -0.15) is 5.10 Å². The molecular weight excluding hydrogens is 244 g/mol. The van der Waals surface area contributed by atoms with Gasteiger partial charge in [0.25, 0.3) is 5.91 Å². The Kier molecular flexibility index (Phi) is 4.42. The number of hydrogen-bond acceptors (Lipinski definition) is 4. The summed E-state index contributed by atoms with van der Waals surface area (Å²) in [4.78, 5) is 12.1. The average Bonchev–Trinajstić information content (AvgIpc) is 2.79. The van der Waals surface area contributed by atoms with Crippen LogP contribution >= 0.6 is 0 Å². The number of aliphatic hydroxyl groups is 1. The molecule has 106 valence electrons. The number of anilines is 1. The SMILES string of the molecule is CCCC(O)CNC(=O)c1cnn2c1NCC(C)C2. The molecule has 2 unspecified atom stereocenters. The number of fused-ring (bicyclic) bond motifs is 1. The maximum atomic E-state index is 12.1. The Balaban J connectivity index is 1.97. The largest absolute Gasteiger partial charge is 0.391 e. The van der Waals surface area contributed by atoms with Gasteiger partial charge in [-0.15, -0.1) is 0 Å². The van der Waals surface area contributed by atoms with Crippen LogP contribution in [0, 0.1) is 5.92 Å². The van der Waals surface area contributed by atoms with Crippen molar-refractivity contribution in [3.05, 3.63) is 11.8 Å². The second kappa shape index (κ2) is 6.06. The monoisotopic (exact) mass is 266 g/mol. The van der Waals surface area contributed by atoms with Gasteiger partial charge in [-0.25, -0.2) is 4.68 Å². The fraction of sp³-hybridized carbons (Fsp3) is 0.692. The number of aromatic nitrogens is 2. The van der Waals surface area contributed by atoms with E-state index in [0.717, 1.165) is 25.3 Å². The van der Waals surface area contributed by atoms with E-state index in [2.05, 4.69) is 22.7 Å². The van der Waals surface area contributed by atoms with Gasteiger partial charge in [-0.05, 0) is 12.3 Å². The second-order valence-electron chi connectivity index (χ2n) is 5.23. The molecule has 0 aliphatic carbocycles. The fourth-order valence-corrected chi connectivity index (χ4v) is 2.25. The molecule has 19 heavy (non-hydrogen) atoms. The first-order valence-corrected chi connectivity index (χ1v) is 6.87. The summed E-state index contributed by atoms with van der Waals surface area (Å²) in [7, 11) is 0. The molecule has 1 amide bonds. The lowest BCUT2D eigenvalue weighted by atomic mass is 10.1. The molecule has 2 atom stereocenters. The van der Waals surface area contributed by atoms with E-state index in [1.165, 1.54) is 0 Å². The van der Waals surface area contributed by atoms with Crippen LogP contribution in [-0.4, -0.2) is 40.0 Å². The first-order chi connectivity index (χ1) is 9.11. The number of aliphatic hydroxyl groups excluding tert-OH is 1. The van der Waals surface area contributed by atoms with Gasteiger partial charge in [0, 0.05) is 19.6 Å². The highest BCUT2D eigenvalue weighted by Gasteiger charge is 2.22. The van der Waals surface area contributed by atoms with Crippen molar-refractivity contribution in [2.45, 2.75) is 39.3 Å². The molecule has 0 saturated heterocycles. The lowest BCUT2D eigenvalue weighted by molar-refractivity contribution is 0.0910. The topological polar surface area (TPSA) is 79.2 Å². The lowest BCUT2D eigenvalue weighted by Gasteiger charge is -2.22. The van der Waals surface area contributed by atoms with Gasteiger partial charge in [0.15, 0.2) is 0 Å². The molecule has 2 heterocycles. The maximum absolute atomic E-state index is 12.1. The molecule has 6 heteroatoms. The minimum Gasteiger partial charge on any atom is -0.391 e. The molecule has 1 aliphatic rings. The highest BCUT2D eigenvalue weighted by Crippen LogP contribution is 2.21. The zero-order chi connectivity index (χ0) is 13.8. The smallest absolute Gasteiger partial charge is 0.256 e. The zero-order valence-electron chi connectivity index (χ0n) is 11.5. The van der Waals surface area contributed by atoms with Crippen LogP contribution < -0.4 is 10.6 Å². The van der Waals surface area contributed by atoms with Gasteiger partial charge >= 0.3 is 0 Å². The summed E-state index contributed by atoms with van der Waals surface area (Å²) in [6.45, 7) is 6.11. The van der Waals surface area contributed by atoms with Crippen LogP contribution in [0.25, 0.3) is 0 Å². The van der Waals surface area contributed by atoms with Crippen molar-refractivity contribution in [3.63, 3.8) is 0 Å². The van der Waals surface area contributed by atoms with E-state index in [0.29, 0.717) is 17.9 Å². The van der Waals surface area contributed by atoms with E-state index < -0.39 is 6.10 Å². The van der Waals surface area contributed by atoms with Gasteiger partial charge in [0.05, 0.1) is 12.3 Å². The Morgan fingerprint density at radius 3 is 3.26 bits per heavy atom. The molecule has 6 nitrogen and oxygen atoms in total. The van der Waals surface area contributed by atoms with E-state index in [4.69, 9.17) is 0 Å². The number of rotatable bonds is 5. The predicted octanol–water partition coefficient (Wildman–Crippen LogP) is 0.835. The quantitative estimate of drug-likeness (QED) is 0.737. The minimum atomic E-state index is -0.478. The van der Waals surface area contributed by atoms with Crippen LogP contribution in [0.4, 0.5) is 5.82 Å². The molecule has 0 spiro atoms. The van der Waals surface area contributed by atoms with Gasteiger partial charge in [-0.3, -0.25) is 4.79 Å². The van der Waals surface area contributed by atoms with Gasteiger partial charge < -0.3 is 15.7 Å². The molecule has 0 fully saturated rings. The summed E-state index contributed by atoms with van der Waals surface area (Å²) in [6, 6.07) is 0. The highest BCUT2D eigenvalue weighted by molar-refractivity contribution is 5.98. The molecule has 1 aromatic rings. The molecule has 2 rings (SSSR count). The first-order valence-electron chi connectivity index (χ1n) is 6.87. The third-order valence-electron chi connectivity index (χ3n) is 3.31. The molecule has 0 bridgehead atoms. The van der Waals surface area contributed by atoms with Gasteiger partial charge in [0.2, 0.25) is 0 Å². The van der Waals surface area contributed by atoms with Crippen LogP contribution in [0.5, 0.6) is 0 Å². The molecule has 1 aromatic heterocycles. The number of hydrogen-bond donors (Lipinski definition) is 3. The Labute approximate surface area is 113 Å². The van der Waals surface area contributed by atoms with Crippen molar-refractivity contribution >= 4 is 11.7 Å². The predicted molar refractivity (Wildman–Crippen MR) is 73.1 cm³/mol. The van der Waals surface area contributed by atoms with Crippen molar-refractivity contribution in [1.82, 2.24) is 15.1 Å². The zero-order valence-corrected chi connectivity index (χ0v) is 11.5. The van der Waals surface area contributed by atoms with Crippen molar-refractivity contribution < 1.29 is 9.90 Å². The lowest BCUT2D eigenvalue weighted by Crippen LogP contribution is -2.33. The third kappa shape index (κ3) is 3.26. The molecule has 3 N–H and O–H groups in total. The summed E-state index contributed by atoms with van der Waals surface area (Å²) in [5.41, 5.74) is 0.551. The molecule has 0 saturated carbocycles. The Hall–Kier alpha value is -1.56. The Morgan fingerprint density at radius 1 is 1.74 bits per heavy atom. The van der Waals surface area contributed by atoms with Crippen molar-refractivity contribution in [1.29, 1.82) is 0 Å². The Bertz CT molecular complexity index is 444. The summed E-state index contributed by atoms with van der Waals surface area (Å²) < 4.78 is 1.82. The van der Waals surface area contributed by atoms with E-state index in [-0.39, 0.29) is 12.5 Å².